The van der Waals surface area contributed by atoms with Crippen LogP contribution in [0, 0.1) is 0 Å². The van der Waals surface area contributed by atoms with Crippen LogP contribution in [-0.4, -0.2) is 56.6 Å². The van der Waals surface area contributed by atoms with Gasteiger partial charge in [-0.1, -0.05) is 6.92 Å². The summed E-state index contributed by atoms with van der Waals surface area (Å²) < 4.78 is 10.5. The van der Waals surface area contributed by atoms with Crippen LogP contribution in [-0.2, 0) is 9.47 Å². The van der Waals surface area contributed by atoms with Crippen molar-refractivity contribution < 1.29 is 19.7 Å². The third kappa shape index (κ3) is 5.26. The van der Waals surface area contributed by atoms with Gasteiger partial charge in [-0.05, 0) is 6.42 Å². The maximum atomic E-state index is 8.96. The SMILES string of the molecule is BCO[C@H](CO)[C@@H](CO)OCCC. The lowest BCUT2D eigenvalue weighted by Crippen LogP contribution is -2.38. The monoisotopic (exact) mass is 190 g/mol. The van der Waals surface area contributed by atoms with Gasteiger partial charge in [0.2, 0.25) is 0 Å². The zero-order valence-electron chi connectivity index (χ0n) is 8.40. The fourth-order valence-electron chi connectivity index (χ4n) is 1.04. The van der Waals surface area contributed by atoms with Gasteiger partial charge in [-0.2, -0.15) is 0 Å². The second kappa shape index (κ2) is 8.50. The van der Waals surface area contributed by atoms with Gasteiger partial charge >= 0.3 is 0 Å². The van der Waals surface area contributed by atoms with E-state index in [9.17, 15) is 0 Å². The lowest BCUT2D eigenvalue weighted by atomic mass is 10.2. The zero-order valence-corrected chi connectivity index (χ0v) is 8.40. The Balaban J connectivity index is 3.84. The highest BCUT2D eigenvalue weighted by molar-refractivity contribution is 6.08. The summed E-state index contributed by atoms with van der Waals surface area (Å²) in [4.78, 5) is 0. The quantitative estimate of drug-likeness (QED) is 0.469. The molecule has 0 rings (SSSR count). The largest absolute Gasteiger partial charge is 0.394 e. The molecule has 2 N–H and O–H groups in total. The number of ether oxygens (including phenoxy) is 2. The molecule has 0 aromatic heterocycles. The van der Waals surface area contributed by atoms with Gasteiger partial charge in [0.05, 0.1) is 13.2 Å². The summed E-state index contributed by atoms with van der Waals surface area (Å²) >= 11 is 0. The fourth-order valence-corrected chi connectivity index (χ4v) is 1.04. The first kappa shape index (κ1) is 12.9. The lowest BCUT2D eigenvalue weighted by Gasteiger charge is -2.23. The summed E-state index contributed by atoms with van der Waals surface area (Å²) in [6.45, 7) is 2.84. The van der Waals surface area contributed by atoms with Crippen molar-refractivity contribution in [3.05, 3.63) is 0 Å². The predicted molar refractivity (Wildman–Crippen MR) is 52.5 cm³/mol. The van der Waals surface area contributed by atoms with Crippen LogP contribution in [0.2, 0.25) is 0 Å². The Morgan fingerprint density at radius 1 is 1.15 bits per heavy atom. The van der Waals surface area contributed by atoms with Crippen LogP contribution >= 0.6 is 0 Å². The summed E-state index contributed by atoms with van der Waals surface area (Å²) in [5, 5.41) is 17.9. The van der Waals surface area contributed by atoms with Gasteiger partial charge in [0.1, 0.15) is 20.1 Å². The first-order chi connectivity index (χ1) is 6.29. The highest BCUT2D eigenvalue weighted by Gasteiger charge is 2.20. The molecule has 0 radical (unpaired) electrons. The molecule has 0 aromatic carbocycles. The molecular formula is C8H19BO4. The normalized spacial score (nSPS) is 15.6. The zero-order chi connectivity index (χ0) is 10.1. The average Bonchev–Trinajstić information content (AvgIpc) is 2.17. The van der Waals surface area contributed by atoms with Gasteiger partial charge in [-0.15, -0.1) is 0 Å². The average molecular weight is 190 g/mol. The molecule has 0 aromatic rings. The molecule has 0 saturated carbocycles. The summed E-state index contributed by atoms with van der Waals surface area (Å²) in [5.74, 6) is 0. The van der Waals surface area contributed by atoms with E-state index in [1.54, 1.807) is 0 Å². The summed E-state index contributed by atoms with van der Waals surface area (Å²) in [6, 6.07) is 0. The van der Waals surface area contributed by atoms with Crippen molar-refractivity contribution in [2.24, 2.45) is 0 Å². The Morgan fingerprint density at radius 3 is 2.08 bits per heavy atom. The third-order valence-corrected chi connectivity index (χ3v) is 1.69. The van der Waals surface area contributed by atoms with Gasteiger partial charge in [0, 0.05) is 13.1 Å². The van der Waals surface area contributed by atoms with Crippen LogP contribution in [0.1, 0.15) is 13.3 Å². The van der Waals surface area contributed by atoms with Crippen molar-refractivity contribution in [2.75, 3.05) is 26.3 Å². The highest BCUT2D eigenvalue weighted by atomic mass is 16.5. The molecule has 0 fully saturated rings. The Labute approximate surface area is 80.3 Å². The van der Waals surface area contributed by atoms with Crippen LogP contribution in [0.4, 0.5) is 0 Å². The Bertz CT molecular complexity index is 112. The van der Waals surface area contributed by atoms with Gasteiger partial charge in [0.25, 0.3) is 0 Å². The molecular weight excluding hydrogens is 171 g/mol. The molecule has 4 nitrogen and oxygen atoms in total. The molecule has 13 heavy (non-hydrogen) atoms. The maximum absolute atomic E-state index is 8.96. The van der Waals surface area contributed by atoms with E-state index < -0.39 is 12.2 Å². The van der Waals surface area contributed by atoms with Crippen molar-refractivity contribution in [1.29, 1.82) is 0 Å². The molecule has 0 aliphatic rings. The van der Waals surface area contributed by atoms with E-state index in [1.165, 1.54) is 0 Å². The number of aliphatic hydroxyl groups excluding tert-OH is 2. The van der Waals surface area contributed by atoms with Crippen molar-refractivity contribution in [3.8, 4) is 0 Å². The molecule has 78 valence electrons. The first-order valence-electron chi connectivity index (χ1n) is 4.75. The Kier molecular flexibility index (Phi) is 8.44. The van der Waals surface area contributed by atoms with E-state index in [-0.39, 0.29) is 13.2 Å². The summed E-state index contributed by atoms with van der Waals surface area (Å²) in [6.07, 6.45) is 0.0623. The molecule has 5 heteroatoms. The van der Waals surface area contributed by atoms with E-state index in [4.69, 9.17) is 19.7 Å². The van der Waals surface area contributed by atoms with Crippen LogP contribution in [0.25, 0.3) is 0 Å². The Morgan fingerprint density at radius 2 is 1.69 bits per heavy atom. The standard InChI is InChI=1S/C8H19BO4/c1-2-3-12-7(4-10)8(5-11)13-6-9/h7-8,10-11H,2-6,9H2,1H3/t7-,8-/m1/s1. The Hall–Kier alpha value is -0.0951. The van der Waals surface area contributed by atoms with Crippen molar-refractivity contribution in [1.82, 2.24) is 0 Å². The van der Waals surface area contributed by atoms with Crippen LogP contribution in [0.5, 0.6) is 0 Å². The van der Waals surface area contributed by atoms with E-state index in [2.05, 4.69) is 0 Å². The van der Waals surface area contributed by atoms with Crippen molar-refractivity contribution in [3.63, 3.8) is 0 Å². The minimum Gasteiger partial charge on any atom is -0.394 e. The van der Waals surface area contributed by atoms with Crippen molar-refractivity contribution >= 4 is 7.85 Å². The van der Waals surface area contributed by atoms with E-state index in [1.807, 2.05) is 14.8 Å². The summed E-state index contributed by atoms with van der Waals surface area (Å²) in [7, 11) is 1.84. The van der Waals surface area contributed by atoms with E-state index >= 15 is 0 Å². The molecule has 0 unspecified atom stereocenters. The first-order valence-corrected chi connectivity index (χ1v) is 4.75. The molecule has 0 heterocycles. The number of hydrogen-bond donors (Lipinski definition) is 2. The molecule has 0 spiro atoms. The topological polar surface area (TPSA) is 58.9 Å². The second-order valence-electron chi connectivity index (χ2n) is 2.77. The van der Waals surface area contributed by atoms with Crippen LogP contribution in [0.15, 0.2) is 0 Å². The van der Waals surface area contributed by atoms with Gasteiger partial charge in [-0.3, -0.25) is 0 Å². The maximum Gasteiger partial charge on any atom is 0.135 e. The van der Waals surface area contributed by atoms with Gasteiger partial charge in [0.15, 0.2) is 0 Å². The minimum atomic E-state index is -0.415. The number of aliphatic hydroxyl groups is 2. The molecule has 0 aliphatic heterocycles. The van der Waals surface area contributed by atoms with Gasteiger partial charge < -0.3 is 19.7 Å². The van der Waals surface area contributed by atoms with E-state index in [0.717, 1.165) is 6.42 Å². The fraction of sp³-hybridized carbons (Fsp3) is 1.00. The predicted octanol–water partition coefficient (Wildman–Crippen LogP) is -1.26. The smallest absolute Gasteiger partial charge is 0.135 e. The third-order valence-electron chi connectivity index (χ3n) is 1.69. The second-order valence-corrected chi connectivity index (χ2v) is 2.77. The molecule has 0 bridgehead atoms. The molecule has 0 saturated heterocycles. The van der Waals surface area contributed by atoms with Crippen molar-refractivity contribution in [2.45, 2.75) is 25.6 Å². The van der Waals surface area contributed by atoms with Crippen LogP contribution < -0.4 is 0 Å². The minimum absolute atomic E-state index is 0.120. The number of rotatable bonds is 8. The molecule has 0 amide bonds. The lowest BCUT2D eigenvalue weighted by molar-refractivity contribution is -0.0992. The summed E-state index contributed by atoms with van der Waals surface area (Å²) in [5.41, 5.74) is 0. The molecule has 0 aliphatic carbocycles. The molecule has 2 atom stereocenters. The highest BCUT2D eigenvalue weighted by Crippen LogP contribution is 2.03. The van der Waals surface area contributed by atoms with Gasteiger partial charge in [-0.25, -0.2) is 0 Å². The number of hydrogen-bond acceptors (Lipinski definition) is 4. The van der Waals surface area contributed by atoms with Crippen LogP contribution in [0.3, 0.4) is 0 Å². The van der Waals surface area contributed by atoms with E-state index in [0.29, 0.717) is 13.1 Å².